The number of aromatic nitrogens is 1. The lowest BCUT2D eigenvalue weighted by molar-refractivity contribution is 0.719. The number of nitrogens with zero attached hydrogens (tertiary/aromatic N) is 2. The van der Waals surface area contributed by atoms with Crippen LogP contribution in [0.3, 0.4) is 0 Å². The fourth-order valence-electron chi connectivity index (χ4n) is 1.73. The van der Waals surface area contributed by atoms with Gasteiger partial charge in [-0.25, -0.2) is 4.98 Å². The molecule has 0 spiro atoms. The van der Waals surface area contributed by atoms with Crippen LogP contribution in [0.1, 0.15) is 23.9 Å². The minimum absolute atomic E-state index is 0.326. The van der Waals surface area contributed by atoms with Crippen molar-refractivity contribution in [2.75, 3.05) is 0 Å². The number of para-hydroxylation sites is 1. The Labute approximate surface area is 86.3 Å². The van der Waals surface area contributed by atoms with E-state index in [1.54, 1.807) is 11.3 Å². The van der Waals surface area contributed by atoms with Gasteiger partial charge in [0.15, 0.2) is 0 Å². The van der Waals surface area contributed by atoms with Gasteiger partial charge in [-0.1, -0.05) is 12.1 Å². The van der Waals surface area contributed by atoms with Gasteiger partial charge in [0.1, 0.15) is 11.0 Å². The summed E-state index contributed by atoms with van der Waals surface area (Å²) in [7, 11) is 0. The molecule has 70 valence electrons. The molecule has 0 fully saturated rings. The Bertz CT molecular complexity index is 454. The molecule has 1 aliphatic rings. The van der Waals surface area contributed by atoms with Crippen molar-refractivity contribution in [3.05, 3.63) is 29.3 Å². The van der Waals surface area contributed by atoms with Crippen molar-refractivity contribution >= 4 is 27.8 Å². The number of fused-ring (bicyclic) bond motifs is 1. The first kappa shape index (κ1) is 8.12. The molecule has 0 aliphatic carbocycles. The Morgan fingerprint density at radius 3 is 3.00 bits per heavy atom. The lowest BCUT2D eigenvalue weighted by Gasteiger charge is -1.98. The van der Waals surface area contributed by atoms with Crippen molar-refractivity contribution in [1.29, 1.82) is 0 Å². The summed E-state index contributed by atoms with van der Waals surface area (Å²) in [5.41, 5.74) is 1.11. The third-order valence-corrected chi connectivity index (χ3v) is 3.59. The summed E-state index contributed by atoms with van der Waals surface area (Å²) >= 11 is 1.77. The normalized spacial score (nSPS) is 20.7. The first-order chi connectivity index (χ1) is 6.93. The van der Waals surface area contributed by atoms with E-state index in [4.69, 9.17) is 0 Å². The summed E-state index contributed by atoms with van der Waals surface area (Å²) in [6.45, 7) is 0. The molecule has 14 heavy (non-hydrogen) atoms. The van der Waals surface area contributed by atoms with Gasteiger partial charge in [-0.15, -0.1) is 11.3 Å². The number of hydrogen-bond donors (Lipinski definition) is 0. The highest BCUT2D eigenvalue weighted by molar-refractivity contribution is 7.18. The van der Waals surface area contributed by atoms with Crippen molar-refractivity contribution in [3.8, 4) is 0 Å². The highest BCUT2D eigenvalue weighted by Crippen LogP contribution is 2.32. The molecule has 3 rings (SSSR count). The molecule has 1 aromatic heterocycles. The maximum absolute atomic E-state index is 4.60. The lowest BCUT2D eigenvalue weighted by Crippen LogP contribution is -1.87. The van der Waals surface area contributed by atoms with Gasteiger partial charge in [0, 0.05) is 0 Å². The van der Waals surface area contributed by atoms with Crippen LogP contribution in [-0.2, 0) is 0 Å². The quantitative estimate of drug-likeness (QED) is 0.697. The second-order valence-corrected chi connectivity index (χ2v) is 4.51. The summed E-state index contributed by atoms with van der Waals surface area (Å²) < 4.78 is 1.27. The summed E-state index contributed by atoms with van der Waals surface area (Å²) in [5.74, 6) is 0. The summed E-state index contributed by atoms with van der Waals surface area (Å²) in [6, 6.07) is 8.60. The fourth-order valence-corrected chi connectivity index (χ4v) is 2.78. The predicted molar refractivity (Wildman–Crippen MR) is 60.1 cm³/mol. The molecule has 3 heteroatoms. The molecule has 0 saturated heterocycles. The standard InChI is InChI=1S/C11H10N2S/c1-2-6-10-8(4-1)13-11(14-10)9-5-3-7-12-9/h1-2,4,6-7,9H,3,5H2/t9-/m1/s1. The second-order valence-electron chi connectivity index (χ2n) is 3.44. The highest BCUT2D eigenvalue weighted by atomic mass is 32.1. The van der Waals surface area contributed by atoms with Crippen LogP contribution >= 0.6 is 11.3 Å². The van der Waals surface area contributed by atoms with E-state index in [2.05, 4.69) is 28.2 Å². The number of hydrogen-bond acceptors (Lipinski definition) is 3. The highest BCUT2D eigenvalue weighted by Gasteiger charge is 2.16. The van der Waals surface area contributed by atoms with Crippen molar-refractivity contribution in [2.24, 2.45) is 4.99 Å². The Hall–Kier alpha value is -1.22. The largest absolute Gasteiger partial charge is 0.287 e. The maximum Gasteiger partial charge on any atom is 0.118 e. The maximum atomic E-state index is 4.60. The molecule has 2 nitrogen and oxygen atoms in total. The topological polar surface area (TPSA) is 25.2 Å². The van der Waals surface area contributed by atoms with E-state index in [0.29, 0.717) is 6.04 Å². The molecule has 1 aliphatic heterocycles. The minimum Gasteiger partial charge on any atom is -0.287 e. The van der Waals surface area contributed by atoms with Crippen molar-refractivity contribution < 1.29 is 0 Å². The minimum atomic E-state index is 0.326. The molecule has 2 heterocycles. The lowest BCUT2D eigenvalue weighted by atomic mass is 10.2. The summed E-state index contributed by atoms with van der Waals surface area (Å²) in [5, 5.41) is 1.17. The predicted octanol–water partition coefficient (Wildman–Crippen LogP) is 3.20. The molecule has 0 unspecified atom stereocenters. The van der Waals surface area contributed by atoms with Crippen LogP contribution in [-0.4, -0.2) is 11.2 Å². The van der Waals surface area contributed by atoms with Gasteiger partial charge >= 0.3 is 0 Å². The molecule has 2 aromatic rings. The van der Waals surface area contributed by atoms with E-state index in [-0.39, 0.29) is 0 Å². The number of rotatable bonds is 1. The summed E-state index contributed by atoms with van der Waals surface area (Å²) in [6.07, 6.45) is 4.23. The number of thiazole rings is 1. The van der Waals surface area contributed by atoms with Crippen molar-refractivity contribution in [3.63, 3.8) is 0 Å². The summed E-state index contributed by atoms with van der Waals surface area (Å²) in [4.78, 5) is 9.02. The van der Waals surface area contributed by atoms with E-state index < -0.39 is 0 Å². The third-order valence-electron chi connectivity index (χ3n) is 2.45. The SMILES string of the molecule is C1=N[C@@H](c2nc3ccccc3s2)CC1. The van der Waals surface area contributed by atoms with Crippen LogP contribution in [0, 0.1) is 0 Å². The fraction of sp³-hybridized carbons (Fsp3) is 0.273. The number of aliphatic imine (C=N–C) groups is 1. The zero-order valence-electron chi connectivity index (χ0n) is 7.68. The Kier molecular flexibility index (Phi) is 1.84. The van der Waals surface area contributed by atoms with Gasteiger partial charge in [-0.3, -0.25) is 4.99 Å². The number of benzene rings is 1. The van der Waals surface area contributed by atoms with Crippen LogP contribution in [0.15, 0.2) is 29.3 Å². The van der Waals surface area contributed by atoms with Gasteiger partial charge in [0.05, 0.1) is 10.2 Å². The van der Waals surface area contributed by atoms with Gasteiger partial charge in [-0.05, 0) is 31.2 Å². The van der Waals surface area contributed by atoms with Gasteiger partial charge in [-0.2, -0.15) is 0 Å². The van der Waals surface area contributed by atoms with Gasteiger partial charge in [0.25, 0.3) is 0 Å². The van der Waals surface area contributed by atoms with E-state index in [9.17, 15) is 0 Å². The van der Waals surface area contributed by atoms with Crippen LogP contribution in [0.2, 0.25) is 0 Å². The van der Waals surface area contributed by atoms with E-state index in [0.717, 1.165) is 18.4 Å². The van der Waals surface area contributed by atoms with Crippen LogP contribution < -0.4 is 0 Å². The van der Waals surface area contributed by atoms with Crippen molar-refractivity contribution in [2.45, 2.75) is 18.9 Å². The molecular weight excluding hydrogens is 192 g/mol. The Balaban J connectivity index is 2.09. The zero-order chi connectivity index (χ0) is 9.38. The first-order valence-corrected chi connectivity index (χ1v) is 5.62. The van der Waals surface area contributed by atoms with Crippen LogP contribution in [0.25, 0.3) is 10.2 Å². The average Bonchev–Trinajstić information content (AvgIpc) is 2.86. The van der Waals surface area contributed by atoms with Crippen molar-refractivity contribution in [1.82, 2.24) is 4.98 Å². The van der Waals surface area contributed by atoms with Gasteiger partial charge in [0.2, 0.25) is 0 Å². The third kappa shape index (κ3) is 1.24. The zero-order valence-corrected chi connectivity index (χ0v) is 8.50. The van der Waals surface area contributed by atoms with Crippen LogP contribution in [0.5, 0.6) is 0 Å². The molecular formula is C11H10N2S. The Morgan fingerprint density at radius 1 is 1.29 bits per heavy atom. The second kappa shape index (κ2) is 3.17. The monoisotopic (exact) mass is 202 g/mol. The molecule has 0 radical (unpaired) electrons. The average molecular weight is 202 g/mol. The smallest absolute Gasteiger partial charge is 0.118 e. The Morgan fingerprint density at radius 2 is 2.21 bits per heavy atom. The van der Waals surface area contributed by atoms with Crippen LogP contribution in [0.4, 0.5) is 0 Å². The van der Waals surface area contributed by atoms with E-state index in [1.165, 1.54) is 9.71 Å². The molecule has 0 N–H and O–H groups in total. The molecule has 0 saturated carbocycles. The molecule has 1 atom stereocenters. The first-order valence-electron chi connectivity index (χ1n) is 4.80. The van der Waals surface area contributed by atoms with Gasteiger partial charge < -0.3 is 0 Å². The van der Waals surface area contributed by atoms with E-state index >= 15 is 0 Å². The molecule has 0 bridgehead atoms. The van der Waals surface area contributed by atoms with E-state index in [1.807, 2.05) is 12.3 Å². The molecule has 1 aromatic carbocycles. The molecule has 0 amide bonds.